The van der Waals surface area contributed by atoms with E-state index < -0.39 is 5.97 Å². The fraction of sp³-hybridized carbons (Fsp3) is 0. The number of rotatable bonds is 1. The first kappa shape index (κ1) is 13.8. The molecular weight excluding hydrogens is 277 g/mol. The van der Waals surface area contributed by atoms with Gasteiger partial charge in [0.2, 0.25) is 0 Å². The third-order valence-corrected chi connectivity index (χ3v) is 3.08. The first-order valence-electron chi connectivity index (χ1n) is 3.01. The van der Waals surface area contributed by atoms with Gasteiger partial charge in [0.25, 0.3) is 0 Å². The Hall–Kier alpha value is -0.220. The van der Waals surface area contributed by atoms with Gasteiger partial charge in [0.1, 0.15) is 0 Å². The molecule has 0 aliphatic heterocycles. The molecule has 78 valence electrons. The summed E-state index contributed by atoms with van der Waals surface area (Å²) in [4.78, 5) is 10.6. The predicted molar refractivity (Wildman–Crippen MR) is 55.9 cm³/mol. The van der Waals surface area contributed by atoms with Crippen molar-refractivity contribution in [3.05, 3.63) is 31.7 Å². The van der Waals surface area contributed by atoms with Crippen LogP contribution in [0.2, 0.25) is 20.1 Å². The lowest BCUT2D eigenvalue weighted by molar-refractivity contribution is 0.0697. The second-order valence-corrected chi connectivity index (χ2v) is 3.69. The van der Waals surface area contributed by atoms with Gasteiger partial charge in [-0.1, -0.05) is 46.4 Å². The molecule has 7 heteroatoms. The molecule has 0 aliphatic rings. The van der Waals surface area contributed by atoms with Gasteiger partial charge in [-0.2, -0.15) is 0 Å². The normalized spacial score (nSPS) is 9.43. The minimum absolute atomic E-state index is 0. The van der Waals surface area contributed by atoms with Crippen LogP contribution in [0.1, 0.15) is 10.4 Å². The Labute approximate surface area is 98.7 Å². The van der Waals surface area contributed by atoms with Crippen LogP contribution in [0.5, 0.6) is 0 Å². The molecule has 0 saturated carbocycles. The van der Waals surface area contributed by atoms with Crippen molar-refractivity contribution in [1.29, 1.82) is 0 Å². The number of aromatic carboxylic acids is 1. The highest BCUT2D eigenvalue weighted by atomic mass is 35.5. The average molecular weight is 280 g/mol. The number of benzene rings is 1. The average Bonchev–Trinajstić information content (AvgIpc) is 2.07. The van der Waals surface area contributed by atoms with E-state index in [0.29, 0.717) is 0 Å². The lowest BCUT2D eigenvalue weighted by Crippen LogP contribution is -1.98. The van der Waals surface area contributed by atoms with Crippen molar-refractivity contribution in [3.63, 3.8) is 0 Å². The number of carboxylic acid groups (broad SMARTS) is 1. The molecule has 0 aromatic heterocycles. The van der Waals surface area contributed by atoms with E-state index in [1.165, 1.54) is 0 Å². The van der Waals surface area contributed by atoms with Crippen molar-refractivity contribution in [2.45, 2.75) is 0 Å². The summed E-state index contributed by atoms with van der Waals surface area (Å²) in [6.45, 7) is 0. The van der Waals surface area contributed by atoms with E-state index in [0.717, 1.165) is 6.07 Å². The zero-order chi connectivity index (χ0) is 10.2. The Bertz CT molecular complexity index is 380. The molecule has 0 spiro atoms. The molecule has 0 unspecified atom stereocenters. The molecule has 1 aromatic rings. The summed E-state index contributed by atoms with van der Waals surface area (Å²) in [5.74, 6) is -1.20. The van der Waals surface area contributed by atoms with Crippen LogP contribution in [0, 0.1) is 0 Å². The van der Waals surface area contributed by atoms with Gasteiger partial charge in [0, 0.05) is 0 Å². The van der Waals surface area contributed by atoms with E-state index in [2.05, 4.69) is 0 Å². The number of hydrogen-bond acceptors (Lipinski definition) is 1. The standard InChI is InChI=1S/C7H2Cl4O2.FH/c8-3-1-2(7(12)13)4(9)6(11)5(3)10;/h1H,(H,12,13);1H. The van der Waals surface area contributed by atoms with Crippen molar-refractivity contribution in [1.82, 2.24) is 0 Å². The van der Waals surface area contributed by atoms with Gasteiger partial charge in [-0.15, -0.1) is 0 Å². The lowest BCUT2D eigenvalue weighted by atomic mass is 10.2. The first-order valence-corrected chi connectivity index (χ1v) is 4.52. The molecule has 0 fully saturated rings. The number of carboxylic acids is 1. The third kappa shape index (κ3) is 2.42. The smallest absolute Gasteiger partial charge is 0.337 e. The summed E-state index contributed by atoms with van der Waals surface area (Å²) in [5.41, 5.74) is -0.166. The molecule has 1 rings (SSSR count). The van der Waals surface area contributed by atoms with Gasteiger partial charge in [-0.3, -0.25) is 4.70 Å². The maximum absolute atomic E-state index is 10.6. The van der Waals surface area contributed by atoms with Crippen molar-refractivity contribution in [2.24, 2.45) is 0 Å². The van der Waals surface area contributed by atoms with Gasteiger partial charge in [0.05, 0.1) is 25.7 Å². The van der Waals surface area contributed by atoms with Gasteiger partial charge in [-0.05, 0) is 6.07 Å². The third-order valence-electron chi connectivity index (χ3n) is 1.33. The summed E-state index contributed by atoms with van der Waals surface area (Å²) in [7, 11) is 0. The Morgan fingerprint density at radius 3 is 2.00 bits per heavy atom. The quantitative estimate of drug-likeness (QED) is 0.619. The summed E-state index contributed by atoms with van der Waals surface area (Å²) >= 11 is 22.4. The molecule has 0 bridgehead atoms. The summed E-state index contributed by atoms with van der Waals surface area (Å²) in [5, 5.41) is 8.62. The Morgan fingerprint density at radius 2 is 1.57 bits per heavy atom. The summed E-state index contributed by atoms with van der Waals surface area (Å²) in [6, 6.07) is 1.15. The van der Waals surface area contributed by atoms with E-state index in [4.69, 9.17) is 51.5 Å². The summed E-state index contributed by atoms with van der Waals surface area (Å²) < 4.78 is 0. The van der Waals surface area contributed by atoms with E-state index in [1.54, 1.807) is 0 Å². The highest BCUT2D eigenvalue weighted by Gasteiger charge is 2.17. The van der Waals surface area contributed by atoms with E-state index in [-0.39, 0.29) is 30.4 Å². The van der Waals surface area contributed by atoms with E-state index >= 15 is 0 Å². The zero-order valence-electron chi connectivity index (χ0n) is 6.35. The lowest BCUT2D eigenvalue weighted by Gasteiger charge is -2.04. The van der Waals surface area contributed by atoms with Crippen LogP contribution in [0.25, 0.3) is 0 Å². The molecular formula is C7H3Cl4FO2. The summed E-state index contributed by atoms with van der Waals surface area (Å²) in [6.07, 6.45) is 0. The van der Waals surface area contributed by atoms with Crippen LogP contribution in [0.15, 0.2) is 6.07 Å². The van der Waals surface area contributed by atoms with Crippen LogP contribution >= 0.6 is 46.4 Å². The van der Waals surface area contributed by atoms with Crippen molar-refractivity contribution in [3.8, 4) is 0 Å². The van der Waals surface area contributed by atoms with Crippen LogP contribution in [0.3, 0.4) is 0 Å². The van der Waals surface area contributed by atoms with E-state index in [9.17, 15) is 4.79 Å². The topological polar surface area (TPSA) is 37.3 Å². The second-order valence-electron chi connectivity index (χ2n) is 2.15. The minimum Gasteiger partial charge on any atom is -0.478 e. The van der Waals surface area contributed by atoms with Gasteiger partial charge < -0.3 is 5.11 Å². The number of halogens is 5. The highest BCUT2D eigenvalue weighted by Crippen LogP contribution is 2.37. The van der Waals surface area contributed by atoms with Crippen molar-refractivity contribution in [2.75, 3.05) is 0 Å². The number of carbonyl (C=O) groups is 1. The first-order chi connectivity index (χ1) is 5.95. The van der Waals surface area contributed by atoms with Gasteiger partial charge in [-0.25, -0.2) is 4.79 Å². The Kier molecular flexibility index (Phi) is 4.95. The number of hydrogen-bond donors (Lipinski definition) is 1. The maximum atomic E-state index is 10.6. The molecule has 0 radical (unpaired) electrons. The molecule has 0 amide bonds. The highest BCUT2D eigenvalue weighted by molar-refractivity contribution is 6.52. The van der Waals surface area contributed by atoms with Crippen molar-refractivity contribution >= 4 is 52.4 Å². The molecule has 1 aromatic carbocycles. The maximum Gasteiger partial charge on any atom is 0.337 e. The molecule has 0 atom stereocenters. The molecule has 0 aliphatic carbocycles. The predicted octanol–water partition coefficient (Wildman–Crippen LogP) is 4.15. The molecule has 2 nitrogen and oxygen atoms in total. The van der Waals surface area contributed by atoms with Crippen LogP contribution in [-0.4, -0.2) is 11.1 Å². The second kappa shape index (κ2) is 5.03. The van der Waals surface area contributed by atoms with Crippen LogP contribution < -0.4 is 0 Å². The zero-order valence-corrected chi connectivity index (χ0v) is 9.38. The Morgan fingerprint density at radius 1 is 1.07 bits per heavy atom. The largest absolute Gasteiger partial charge is 0.478 e. The van der Waals surface area contributed by atoms with Gasteiger partial charge >= 0.3 is 5.97 Å². The molecule has 14 heavy (non-hydrogen) atoms. The monoisotopic (exact) mass is 278 g/mol. The van der Waals surface area contributed by atoms with Crippen molar-refractivity contribution < 1.29 is 14.6 Å². The van der Waals surface area contributed by atoms with Crippen LogP contribution in [-0.2, 0) is 0 Å². The fourth-order valence-electron chi connectivity index (χ4n) is 0.728. The van der Waals surface area contributed by atoms with E-state index in [1.807, 2.05) is 0 Å². The fourth-order valence-corrected chi connectivity index (χ4v) is 1.61. The SMILES string of the molecule is F.O=C(O)c1cc(Cl)c(Cl)c(Cl)c1Cl. The van der Waals surface area contributed by atoms with Gasteiger partial charge in [0.15, 0.2) is 0 Å². The molecule has 0 heterocycles. The Balaban J connectivity index is 0.00000169. The van der Waals surface area contributed by atoms with Crippen LogP contribution in [0.4, 0.5) is 4.70 Å². The minimum atomic E-state index is -1.20. The molecule has 1 N–H and O–H groups in total. The molecule has 0 saturated heterocycles.